The van der Waals surface area contributed by atoms with Crippen LogP contribution in [0.3, 0.4) is 0 Å². The number of hydrogen-bond acceptors (Lipinski definition) is 3. The van der Waals surface area contributed by atoms with Gasteiger partial charge in [0.05, 0.1) is 17.2 Å². The Kier molecular flexibility index (Phi) is 3.08. The molecular formula is C9H13N3O3. The van der Waals surface area contributed by atoms with Crippen molar-refractivity contribution >= 4 is 11.9 Å². The Labute approximate surface area is 86.7 Å². The predicted molar refractivity (Wildman–Crippen MR) is 52.3 cm³/mol. The molecule has 0 bridgehead atoms. The largest absolute Gasteiger partial charge is 0.481 e. The Morgan fingerprint density at radius 2 is 2.27 bits per heavy atom. The summed E-state index contributed by atoms with van der Waals surface area (Å²) in [5, 5.41) is 17.5. The van der Waals surface area contributed by atoms with E-state index in [-0.39, 0.29) is 12.5 Å². The van der Waals surface area contributed by atoms with Gasteiger partial charge in [-0.2, -0.15) is 5.10 Å². The first-order valence-corrected chi connectivity index (χ1v) is 4.44. The van der Waals surface area contributed by atoms with Gasteiger partial charge < -0.3 is 10.4 Å². The Hall–Kier alpha value is -1.85. The first-order valence-electron chi connectivity index (χ1n) is 4.44. The van der Waals surface area contributed by atoms with Crippen molar-refractivity contribution in [3.63, 3.8) is 0 Å². The maximum absolute atomic E-state index is 11.4. The van der Waals surface area contributed by atoms with Gasteiger partial charge in [-0.25, -0.2) is 0 Å². The number of nitrogens with one attached hydrogen (secondary N) is 2. The van der Waals surface area contributed by atoms with Crippen LogP contribution in [0.2, 0.25) is 0 Å². The summed E-state index contributed by atoms with van der Waals surface area (Å²) in [5.41, 5.74) is -0.587. The predicted octanol–water partition coefficient (Wildman–Crippen LogP) is 0.250. The monoisotopic (exact) mass is 211 g/mol. The van der Waals surface area contributed by atoms with E-state index in [0.29, 0.717) is 5.56 Å². The van der Waals surface area contributed by atoms with Crippen molar-refractivity contribution in [3.05, 3.63) is 18.0 Å². The molecule has 0 saturated heterocycles. The van der Waals surface area contributed by atoms with Crippen LogP contribution >= 0.6 is 0 Å². The van der Waals surface area contributed by atoms with Crippen molar-refractivity contribution in [1.29, 1.82) is 0 Å². The summed E-state index contributed by atoms with van der Waals surface area (Å²) >= 11 is 0. The van der Waals surface area contributed by atoms with Gasteiger partial charge in [0, 0.05) is 12.7 Å². The maximum Gasteiger partial charge on any atom is 0.310 e. The first-order chi connectivity index (χ1) is 6.93. The van der Waals surface area contributed by atoms with E-state index < -0.39 is 11.4 Å². The number of carbonyl (C=O) groups excluding carboxylic acids is 1. The highest BCUT2D eigenvalue weighted by atomic mass is 16.4. The quantitative estimate of drug-likeness (QED) is 0.665. The third-order valence-corrected chi connectivity index (χ3v) is 2.03. The third kappa shape index (κ3) is 2.80. The fourth-order valence-electron chi connectivity index (χ4n) is 0.854. The van der Waals surface area contributed by atoms with Crippen LogP contribution in [0.5, 0.6) is 0 Å². The average Bonchev–Trinajstić information content (AvgIpc) is 2.66. The molecule has 0 unspecified atom stereocenters. The first kappa shape index (κ1) is 11.2. The number of hydrogen-bond donors (Lipinski definition) is 3. The van der Waals surface area contributed by atoms with Gasteiger partial charge in [-0.3, -0.25) is 14.7 Å². The molecule has 0 aromatic carbocycles. The molecular weight excluding hydrogens is 198 g/mol. The molecule has 0 radical (unpaired) electrons. The summed E-state index contributed by atoms with van der Waals surface area (Å²) in [5.74, 6) is -1.28. The van der Waals surface area contributed by atoms with E-state index in [4.69, 9.17) is 5.11 Å². The molecule has 0 aliphatic carbocycles. The highest BCUT2D eigenvalue weighted by Crippen LogP contribution is 2.13. The summed E-state index contributed by atoms with van der Waals surface area (Å²) < 4.78 is 0. The third-order valence-electron chi connectivity index (χ3n) is 2.03. The highest BCUT2D eigenvalue weighted by Gasteiger charge is 2.27. The second kappa shape index (κ2) is 4.12. The molecule has 1 aromatic heterocycles. The average molecular weight is 211 g/mol. The van der Waals surface area contributed by atoms with Crippen LogP contribution in [0.15, 0.2) is 12.4 Å². The molecule has 0 aliphatic heterocycles. The van der Waals surface area contributed by atoms with E-state index in [9.17, 15) is 9.59 Å². The number of aromatic nitrogens is 2. The summed E-state index contributed by atoms with van der Waals surface area (Å²) in [4.78, 5) is 22.2. The molecule has 1 heterocycles. The van der Waals surface area contributed by atoms with Crippen molar-refractivity contribution in [1.82, 2.24) is 15.5 Å². The molecule has 1 amide bonds. The SMILES string of the molecule is CC(C)(CNC(=O)c1cn[nH]c1)C(=O)O. The zero-order valence-corrected chi connectivity index (χ0v) is 8.57. The number of aliphatic carboxylic acids is 1. The molecule has 1 rings (SSSR count). The molecule has 0 atom stereocenters. The zero-order chi connectivity index (χ0) is 11.5. The lowest BCUT2D eigenvalue weighted by Gasteiger charge is -2.18. The van der Waals surface area contributed by atoms with E-state index in [1.165, 1.54) is 12.4 Å². The Morgan fingerprint density at radius 1 is 1.60 bits per heavy atom. The molecule has 6 nitrogen and oxygen atoms in total. The van der Waals surface area contributed by atoms with E-state index in [2.05, 4.69) is 15.5 Å². The Bertz CT molecular complexity index is 357. The Balaban J connectivity index is 2.51. The van der Waals surface area contributed by atoms with Crippen LogP contribution in [-0.2, 0) is 4.79 Å². The zero-order valence-electron chi connectivity index (χ0n) is 8.57. The number of H-pyrrole nitrogens is 1. The number of aromatic amines is 1. The number of nitrogens with zero attached hydrogens (tertiary/aromatic N) is 1. The standard InChI is InChI=1S/C9H13N3O3/c1-9(2,8(14)15)5-10-7(13)6-3-11-12-4-6/h3-4H,5H2,1-2H3,(H,10,13)(H,11,12)(H,14,15). The van der Waals surface area contributed by atoms with Crippen molar-refractivity contribution in [2.45, 2.75) is 13.8 Å². The minimum absolute atomic E-state index is 0.0757. The summed E-state index contributed by atoms with van der Waals surface area (Å²) in [7, 11) is 0. The van der Waals surface area contributed by atoms with Crippen molar-refractivity contribution in [2.24, 2.45) is 5.41 Å². The van der Waals surface area contributed by atoms with E-state index in [0.717, 1.165) is 0 Å². The number of amides is 1. The minimum atomic E-state index is -0.973. The number of carbonyl (C=O) groups is 2. The lowest BCUT2D eigenvalue weighted by atomic mass is 9.94. The van der Waals surface area contributed by atoms with Crippen molar-refractivity contribution in [3.8, 4) is 0 Å². The molecule has 6 heteroatoms. The smallest absolute Gasteiger partial charge is 0.310 e. The van der Waals surface area contributed by atoms with Crippen LogP contribution < -0.4 is 5.32 Å². The van der Waals surface area contributed by atoms with Gasteiger partial charge in [-0.1, -0.05) is 0 Å². The minimum Gasteiger partial charge on any atom is -0.481 e. The molecule has 3 N–H and O–H groups in total. The van der Waals surface area contributed by atoms with Crippen LogP contribution in [0, 0.1) is 5.41 Å². The lowest BCUT2D eigenvalue weighted by molar-refractivity contribution is -0.146. The van der Waals surface area contributed by atoms with Gasteiger partial charge in [0.15, 0.2) is 0 Å². The van der Waals surface area contributed by atoms with Crippen LogP contribution in [0.1, 0.15) is 24.2 Å². The van der Waals surface area contributed by atoms with Crippen LogP contribution in [0.25, 0.3) is 0 Å². The second-order valence-electron chi connectivity index (χ2n) is 3.86. The van der Waals surface area contributed by atoms with E-state index in [1.807, 2.05) is 0 Å². The topological polar surface area (TPSA) is 95.1 Å². The summed E-state index contributed by atoms with van der Waals surface area (Å²) in [6, 6.07) is 0. The van der Waals surface area contributed by atoms with Gasteiger partial charge in [-0.15, -0.1) is 0 Å². The molecule has 0 spiro atoms. The lowest BCUT2D eigenvalue weighted by Crippen LogP contribution is -2.38. The second-order valence-corrected chi connectivity index (χ2v) is 3.86. The van der Waals surface area contributed by atoms with Crippen LogP contribution in [0.4, 0.5) is 0 Å². The number of carboxylic acid groups (broad SMARTS) is 1. The number of rotatable bonds is 4. The number of carboxylic acids is 1. The summed E-state index contributed by atoms with van der Waals surface area (Å²) in [6.07, 6.45) is 2.83. The van der Waals surface area contributed by atoms with Gasteiger partial charge in [-0.05, 0) is 13.8 Å². The normalized spacial score (nSPS) is 11.1. The van der Waals surface area contributed by atoms with Gasteiger partial charge in [0.2, 0.25) is 0 Å². The fourth-order valence-corrected chi connectivity index (χ4v) is 0.854. The fraction of sp³-hybridized carbons (Fsp3) is 0.444. The Morgan fingerprint density at radius 3 is 2.73 bits per heavy atom. The molecule has 82 valence electrons. The van der Waals surface area contributed by atoms with Crippen molar-refractivity contribution < 1.29 is 14.7 Å². The van der Waals surface area contributed by atoms with Crippen LogP contribution in [-0.4, -0.2) is 33.7 Å². The molecule has 0 fully saturated rings. The molecule has 0 saturated carbocycles. The van der Waals surface area contributed by atoms with Gasteiger partial charge in [0.25, 0.3) is 5.91 Å². The molecule has 15 heavy (non-hydrogen) atoms. The van der Waals surface area contributed by atoms with Crippen molar-refractivity contribution in [2.75, 3.05) is 6.54 Å². The molecule has 1 aromatic rings. The van der Waals surface area contributed by atoms with Gasteiger partial charge in [0.1, 0.15) is 0 Å². The summed E-state index contributed by atoms with van der Waals surface area (Å²) in [6.45, 7) is 3.17. The van der Waals surface area contributed by atoms with Gasteiger partial charge >= 0.3 is 5.97 Å². The maximum atomic E-state index is 11.4. The van der Waals surface area contributed by atoms with E-state index >= 15 is 0 Å². The highest BCUT2D eigenvalue weighted by molar-refractivity contribution is 5.93. The van der Waals surface area contributed by atoms with E-state index in [1.54, 1.807) is 13.8 Å². The molecule has 0 aliphatic rings.